The van der Waals surface area contributed by atoms with Gasteiger partial charge in [0.2, 0.25) is 21.8 Å². The lowest BCUT2D eigenvalue weighted by Crippen LogP contribution is -2.41. The summed E-state index contributed by atoms with van der Waals surface area (Å²) >= 11 is 0. The summed E-state index contributed by atoms with van der Waals surface area (Å²) < 4.78 is 26.9. The molecule has 0 aliphatic carbocycles. The normalized spacial score (nSPS) is 17.6. The first kappa shape index (κ1) is 20.2. The van der Waals surface area contributed by atoms with Gasteiger partial charge in [0.15, 0.2) is 0 Å². The Balaban J connectivity index is 1.90. The van der Waals surface area contributed by atoms with E-state index < -0.39 is 10.0 Å². The molecule has 0 saturated carbocycles. The largest absolute Gasteiger partial charge is 0.396 e. The molecule has 1 heterocycles. The number of hydrogen-bond donors (Lipinski definition) is 3. The second-order valence-corrected chi connectivity index (χ2v) is 8.31. The van der Waals surface area contributed by atoms with E-state index in [4.69, 9.17) is 0 Å². The van der Waals surface area contributed by atoms with Crippen molar-refractivity contribution in [1.82, 2.24) is 4.90 Å². The summed E-state index contributed by atoms with van der Waals surface area (Å²) in [7, 11) is -3.69. The predicted octanol–water partition coefficient (Wildman–Crippen LogP) is 1.01. The van der Waals surface area contributed by atoms with Gasteiger partial charge in [0.05, 0.1) is 11.4 Å². The van der Waals surface area contributed by atoms with Crippen LogP contribution in [0.2, 0.25) is 0 Å². The van der Waals surface area contributed by atoms with Crippen molar-refractivity contribution in [2.45, 2.75) is 26.2 Å². The van der Waals surface area contributed by atoms with Gasteiger partial charge in [0.25, 0.3) is 0 Å². The van der Waals surface area contributed by atoms with Gasteiger partial charge in [-0.15, -0.1) is 0 Å². The first-order valence-corrected chi connectivity index (χ1v) is 10.2. The van der Waals surface area contributed by atoms with Gasteiger partial charge in [-0.25, -0.2) is 8.42 Å². The second kappa shape index (κ2) is 9.00. The Labute approximate surface area is 153 Å². The maximum absolute atomic E-state index is 12.2. The third-order valence-electron chi connectivity index (χ3n) is 4.17. The number of anilines is 2. The Hall–Kier alpha value is -2.13. The number of carbonyl (C=O) groups excluding carboxylic acids is 2. The van der Waals surface area contributed by atoms with Crippen molar-refractivity contribution in [3.63, 3.8) is 0 Å². The zero-order chi connectivity index (χ0) is 19.2. The van der Waals surface area contributed by atoms with E-state index in [1.54, 1.807) is 23.1 Å². The zero-order valence-electron chi connectivity index (χ0n) is 14.8. The highest BCUT2D eigenvalue weighted by Crippen LogP contribution is 2.18. The minimum atomic E-state index is -3.69. The monoisotopic (exact) mass is 383 g/mol. The summed E-state index contributed by atoms with van der Waals surface area (Å²) in [4.78, 5) is 24.9. The van der Waals surface area contributed by atoms with E-state index in [0.717, 1.165) is 12.8 Å². The topological polar surface area (TPSA) is 116 Å². The minimum Gasteiger partial charge on any atom is -0.396 e. The first-order valence-electron chi connectivity index (χ1n) is 8.56. The number of rotatable bonds is 7. The van der Waals surface area contributed by atoms with E-state index in [9.17, 15) is 23.1 Å². The van der Waals surface area contributed by atoms with Crippen molar-refractivity contribution in [1.29, 1.82) is 0 Å². The number of benzene rings is 1. The van der Waals surface area contributed by atoms with Gasteiger partial charge >= 0.3 is 0 Å². The van der Waals surface area contributed by atoms with Crippen molar-refractivity contribution >= 4 is 33.2 Å². The lowest BCUT2D eigenvalue weighted by molar-refractivity contribution is -0.132. The molecule has 2 amide bonds. The van der Waals surface area contributed by atoms with Crippen molar-refractivity contribution in [3.05, 3.63) is 24.3 Å². The van der Waals surface area contributed by atoms with Crippen LogP contribution < -0.4 is 10.0 Å². The fourth-order valence-electron chi connectivity index (χ4n) is 2.91. The summed E-state index contributed by atoms with van der Waals surface area (Å²) in [5.74, 6) is -0.728. The number of aliphatic hydroxyl groups excluding tert-OH is 1. The molecule has 1 aromatic carbocycles. The Bertz CT molecular complexity index is 751. The first-order chi connectivity index (χ1) is 12.3. The summed E-state index contributed by atoms with van der Waals surface area (Å²) in [6.07, 6.45) is 1.58. The van der Waals surface area contributed by atoms with Crippen LogP contribution in [-0.2, 0) is 19.6 Å². The third kappa shape index (κ3) is 6.30. The standard InChI is InChI=1S/C17H25N3O5S/c1-13(22)18-15-5-2-6-16(10-15)19-26(24,25)9-7-17(23)20-8-3-4-14(11-20)12-21/h2,5-6,10,14,19,21H,3-4,7-9,11-12H2,1H3,(H,18,22). The molecule has 2 rings (SSSR count). The zero-order valence-corrected chi connectivity index (χ0v) is 15.6. The van der Waals surface area contributed by atoms with Gasteiger partial charge in [0, 0.05) is 38.7 Å². The van der Waals surface area contributed by atoms with Crippen LogP contribution in [0.4, 0.5) is 11.4 Å². The summed E-state index contributed by atoms with van der Waals surface area (Å²) in [5.41, 5.74) is 0.805. The third-order valence-corrected chi connectivity index (χ3v) is 5.46. The van der Waals surface area contributed by atoms with Crippen molar-refractivity contribution in [2.75, 3.05) is 35.5 Å². The second-order valence-electron chi connectivity index (χ2n) is 6.46. The van der Waals surface area contributed by atoms with Gasteiger partial charge in [-0.1, -0.05) is 6.07 Å². The lowest BCUT2D eigenvalue weighted by atomic mass is 9.99. The van der Waals surface area contributed by atoms with Crippen LogP contribution in [-0.4, -0.2) is 55.7 Å². The highest BCUT2D eigenvalue weighted by molar-refractivity contribution is 7.92. The number of piperidine rings is 1. The fourth-order valence-corrected chi connectivity index (χ4v) is 3.95. The molecule has 1 saturated heterocycles. The highest BCUT2D eigenvalue weighted by atomic mass is 32.2. The Kier molecular flexibility index (Phi) is 6.98. The maximum Gasteiger partial charge on any atom is 0.233 e. The van der Waals surface area contributed by atoms with Crippen LogP contribution in [0.1, 0.15) is 26.2 Å². The lowest BCUT2D eigenvalue weighted by Gasteiger charge is -2.31. The van der Waals surface area contributed by atoms with Gasteiger partial charge in [0.1, 0.15) is 0 Å². The molecule has 1 fully saturated rings. The molecule has 1 aliphatic rings. The van der Waals surface area contributed by atoms with Gasteiger partial charge in [-0.3, -0.25) is 14.3 Å². The van der Waals surface area contributed by atoms with E-state index in [1.165, 1.54) is 13.0 Å². The molecule has 144 valence electrons. The molecule has 0 aromatic heterocycles. The van der Waals surface area contributed by atoms with E-state index >= 15 is 0 Å². The molecule has 1 unspecified atom stereocenters. The van der Waals surface area contributed by atoms with Gasteiger partial charge in [-0.2, -0.15) is 0 Å². The fraction of sp³-hybridized carbons (Fsp3) is 0.529. The highest BCUT2D eigenvalue weighted by Gasteiger charge is 2.24. The number of aliphatic hydroxyl groups is 1. The minimum absolute atomic E-state index is 0.0360. The molecule has 0 spiro atoms. The number of carbonyl (C=O) groups is 2. The Morgan fingerprint density at radius 1 is 1.31 bits per heavy atom. The number of sulfonamides is 1. The number of likely N-dealkylation sites (tertiary alicyclic amines) is 1. The number of hydrogen-bond acceptors (Lipinski definition) is 5. The quantitative estimate of drug-likeness (QED) is 0.650. The van der Waals surface area contributed by atoms with Crippen LogP contribution in [0.25, 0.3) is 0 Å². The molecule has 8 nitrogen and oxygen atoms in total. The van der Waals surface area contributed by atoms with E-state index in [0.29, 0.717) is 24.5 Å². The van der Waals surface area contributed by atoms with Gasteiger partial charge in [-0.05, 0) is 37.0 Å². The number of nitrogens with one attached hydrogen (secondary N) is 2. The Morgan fingerprint density at radius 3 is 2.73 bits per heavy atom. The van der Waals surface area contributed by atoms with Crippen molar-refractivity contribution in [2.24, 2.45) is 5.92 Å². The summed E-state index contributed by atoms with van der Waals surface area (Å²) in [6.45, 7) is 2.47. The van der Waals surface area contributed by atoms with Crippen LogP contribution in [0.15, 0.2) is 24.3 Å². The van der Waals surface area contributed by atoms with Gasteiger partial charge < -0.3 is 15.3 Å². The van der Waals surface area contributed by atoms with Crippen molar-refractivity contribution < 1.29 is 23.1 Å². The number of nitrogens with zero attached hydrogens (tertiary/aromatic N) is 1. The van der Waals surface area contributed by atoms with Crippen LogP contribution in [0, 0.1) is 5.92 Å². The molecule has 0 bridgehead atoms. The Morgan fingerprint density at radius 2 is 2.04 bits per heavy atom. The molecule has 1 aliphatic heterocycles. The number of amides is 2. The average molecular weight is 383 g/mol. The summed E-state index contributed by atoms with van der Waals surface area (Å²) in [6, 6.07) is 6.35. The van der Waals surface area contributed by atoms with E-state index in [-0.39, 0.29) is 36.5 Å². The maximum atomic E-state index is 12.2. The van der Waals surface area contributed by atoms with E-state index in [2.05, 4.69) is 10.0 Å². The molecule has 0 radical (unpaired) electrons. The van der Waals surface area contributed by atoms with Crippen LogP contribution >= 0.6 is 0 Å². The van der Waals surface area contributed by atoms with Crippen LogP contribution in [0.5, 0.6) is 0 Å². The molecule has 26 heavy (non-hydrogen) atoms. The average Bonchev–Trinajstić information content (AvgIpc) is 2.59. The SMILES string of the molecule is CC(=O)Nc1cccc(NS(=O)(=O)CCC(=O)N2CCCC(CO)C2)c1. The predicted molar refractivity (Wildman–Crippen MR) is 99.2 cm³/mol. The van der Waals surface area contributed by atoms with Crippen molar-refractivity contribution in [3.8, 4) is 0 Å². The molecular weight excluding hydrogens is 358 g/mol. The molecule has 3 N–H and O–H groups in total. The molecular formula is C17H25N3O5S. The molecule has 1 aromatic rings. The summed E-state index contributed by atoms with van der Waals surface area (Å²) in [5, 5.41) is 11.8. The van der Waals surface area contributed by atoms with E-state index in [1.807, 2.05) is 0 Å². The molecule has 1 atom stereocenters. The molecule has 9 heteroatoms. The van der Waals surface area contributed by atoms with Crippen LogP contribution in [0.3, 0.4) is 0 Å². The smallest absolute Gasteiger partial charge is 0.233 e.